The SMILES string of the molecule is CCCn1cc(C2(c3cccc(-c4cccnc4F)c3)N=C(N)N(C)C2=O)cc1C#N. The van der Waals surface area contributed by atoms with Crippen molar-refractivity contribution in [1.29, 1.82) is 5.26 Å². The van der Waals surface area contributed by atoms with Gasteiger partial charge in [-0.05, 0) is 41.8 Å². The first-order chi connectivity index (χ1) is 14.9. The molecule has 1 amide bonds. The van der Waals surface area contributed by atoms with Gasteiger partial charge >= 0.3 is 0 Å². The Hall–Kier alpha value is -3.99. The first-order valence-electron chi connectivity index (χ1n) is 9.88. The standard InChI is InChI=1S/C23H21FN6O/c1-3-10-30-14-17(12-18(30)13-25)23(21(31)29(2)22(26)28-23)16-7-4-6-15(11-16)19-8-5-9-27-20(19)24/h4-9,11-12,14H,3,10H2,1-2H3,(H2,26,28). The number of guanidine groups is 1. The van der Waals surface area contributed by atoms with Crippen LogP contribution in [0.1, 0.15) is 30.2 Å². The molecule has 0 saturated carbocycles. The fraction of sp³-hybridized carbons (Fsp3) is 0.217. The van der Waals surface area contributed by atoms with Crippen LogP contribution in [-0.2, 0) is 16.9 Å². The van der Waals surface area contributed by atoms with Gasteiger partial charge in [0.1, 0.15) is 11.8 Å². The number of likely N-dealkylation sites (N-methyl/N-ethyl adjacent to an activating group) is 1. The van der Waals surface area contributed by atoms with Crippen LogP contribution in [0.2, 0.25) is 0 Å². The van der Waals surface area contributed by atoms with Crippen LogP contribution in [0, 0.1) is 17.3 Å². The molecule has 2 N–H and O–H groups in total. The number of nitriles is 1. The Morgan fingerprint density at radius 1 is 1.23 bits per heavy atom. The summed E-state index contributed by atoms with van der Waals surface area (Å²) < 4.78 is 16.1. The maximum Gasteiger partial charge on any atom is 0.266 e. The Kier molecular flexibility index (Phi) is 5.03. The Labute approximate surface area is 179 Å². The summed E-state index contributed by atoms with van der Waals surface area (Å²) in [6.07, 6.45) is 3.97. The molecule has 0 fully saturated rings. The van der Waals surface area contributed by atoms with Gasteiger partial charge in [-0.15, -0.1) is 0 Å². The number of carbonyl (C=O) groups excluding carboxylic acids is 1. The third-order valence-corrected chi connectivity index (χ3v) is 5.48. The Bertz CT molecular complexity index is 1240. The van der Waals surface area contributed by atoms with Crippen LogP contribution < -0.4 is 5.73 Å². The number of aryl methyl sites for hydroxylation is 1. The minimum atomic E-state index is -1.46. The molecule has 0 bridgehead atoms. The van der Waals surface area contributed by atoms with Crippen LogP contribution >= 0.6 is 0 Å². The predicted molar refractivity (Wildman–Crippen MR) is 114 cm³/mol. The van der Waals surface area contributed by atoms with Gasteiger partial charge in [-0.1, -0.05) is 25.1 Å². The second-order valence-electron chi connectivity index (χ2n) is 7.39. The van der Waals surface area contributed by atoms with Crippen LogP contribution in [0.15, 0.2) is 59.9 Å². The van der Waals surface area contributed by atoms with E-state index in [1.807, 2.05) is 6.92 Å². The number of nitrogens with zero attached hydrogens (tertiary/aromatic N) is 5. The van der Waals surface area contributed by atoms with Gasteiger partial charge in [0.25, 0.3) is 5.91 Å². The van der Waals surface area contributed by atoms with Crippen molar-refractivity contribution in [3.8, 4) is 17.2 Å². The van der Waals surface area contributed by atoms with Gasteiger partial charge in [-0.3, -0.25) is 9.69 Å². The van der Waals surface area contributed by atoms with E-state index in [-0.39, 0.29) is 11.9 Å². The van der Waals surface area contributed by atoms with Gasteiger partial charge in [0.2, 0.25) is 5.95 Å². The minimum Gasteiger partial charge on any atom is -0.369 e. The lowest BCUT2D eigenvalue weighted by molar-refractivity contribution is -0.129. The molecule has 1 unspecified atom stereocenters. The highest BCUT2D eigenvalue weighted by molar-refractivity contribution is 6.09. The molecule has 0 saturated heterocycles. The first-order valence-corrected chi connectivity index (χ1v) is 9.88. The summed E-state index contributed by atoms with van der Waals surface area (Å²) in [4.78, 5) is 23.0. The number of hydrogen-bond acceptors (Lipinski definition) is 5. The van der Waals surface area contributed by atoms with Crippen molar-refractivity contribution in [1.82, 2.24) is 14.5 Å². The van der Waals surface area contributed by atoms with E-state index in [1.165, 1.54) is 11.1 Å². The Morgan fingerprint density at radius 2 is 2.03 bits per heavy atom. The molecule has 156 valence electrons. The number of benzene rings is 1. The molecule has 8 heteroatoms. The van der Waals surface area contributed by atoms with Crippen molar-refractivity contribution < 1.29 is 9.18 Å². The van der Waals surface area contributed by atoms with Crippen molar-refractivity contribution >= 4 is 11.9 Å². The molecule has 1 atom stereocenters. The number of nitrogens with two attached hydrogens (primary N) is 1. The molecule has 0 spiro atoms. The lowest BCUT2D eigenvalue weighted by Gasteiger charge is -2.25. The highest BCUT2D eigenvalue weighted by Gasteiger charge is 2.50. The summed E-state index contributed by atoms with van der Waals surface area (Å²) in [5.74, 6) is -0.871. The first kappa shape index (κ1) is 20.3. The Morgan fingerprint density at radius 3 is 2.68 bits per heavy atom. The maximum atomic E-state index is 14.3. The third-order valence-electron chi connectivity index (χ3n) is 5.48. The molecule has 7 nitrogen and oxygen atoms in total. The average Bonchev–Trinajstić information content (AvgIpc) is 3.29. The van der Waals surface area contributed by atoms with Crippen molar-refractivity contribution in [3.05, 3.63) is 77.6 Å². The number of hydrogen-bond donors (Lipinski definition) is 1. The van der Waals surface area contributed by atoms with Gasteiger partial charge in [0, 0.05) is 37.1 Å². The molecule has 1 aliphatic heterocycles. The maximum absolute atomic E-state index is 14.3. The van der Waals surface area contributed by atoms with Crippen LogP contribution in [-0.4, -0.2) is 33.4 Å². The fourth-order valence-corrected chi connectivity index (χ4v) is 3.92. The van der Waals surface area contributed by atoms with Crippen LogP contribution in [0.3, 0.4) is 0 Å². The Balaban J connectivity index is 1.95. The van der Waals surface area contributed by atoms with Gasteiger partial charge in [-0.25, -0.2) is 9.98 Å². The van der Waals surface area contributed by atoms with E-state index < -0.39 is 11.5 Å². The molecular formula is C23H21FN6O. The molecular weight excluding hydrogens is 395 g/mol. The normalized spacial score (nSPS) is 18.2. The number of pyridine rings is 1. The molecule has 2 aromatic heterocycles. The summed E-state index contributed by atoms with van der Waals surface area (Å²) in [5.41, 5.74) is 6.96. The molecule has 0 radical (unpaired) electrons. The zero-order chi connectivity index (χ0) is 22.2. The number of aromatic nitrogens is 2. The number of rotatable bonds is 5. The lowest BCUT2D eigenvalue weighted by Crippen LogP contribution is -2.41. The predicted octanol–water partition coefficient (Wildman–Crippen LogP) is 3.00. The van der Waals surface area contributed by atoms with Crippen molar-refractivity contribution in [2.45, 2.75) is 25.4 Å². The monoisotopic (exact) mass is 416 g/mol. The van der Waals surface area contributed by atoms with Gasteiger partial charge in [0.05, 0.1) is 0 Å². The average molecular weight is 416 g/mol. The van der Waals surface area contributed by atoms with Gasteiger partial charge in [0.15, 0.2) is 11.5 Å². The highest BCUT2D eigenvalue weighted by Crippen LogP contribution is 2.41. The summed E-state index contributed by atoms with van der Waals surface area (Å²) >= 11 is 0. The van der Waals surface area contributed by atoms with E-state index in [0.29, 0.717) is 34.5 Å². The number of amides is 1. The molecule has 31 heavy (non-hydrogen) atoms. The van der Waals surface area contributed by atoms with E-state index in [0.717, 1.165) is 6.42 Å². The third kappa shape index (κ3) is 3.15. The van der Waals surface area contributed by atoms with Crippen LogP contribution in [0.5, 0.6) is 0 Å². The zero-order valence-electron chi connectivity index (χ0n) is 17.2. The van der Waals surface area contributed by atoms with Crippen molar-refractivity contribution in [3.63, 3.8) is 0 Å². The van der Waals surface area contributed by atoms with Crippen LogP contribution in [0.4, 0.5) is 4.39 Å². The molecule has 1 aliphatic rings. The van der Waals surface area contributed by atoms with Gasteiger partial charge < -0.3 is 10.3 Å². The number of aliphatic imine (C=N–C) groups is 1. The molecule has 3 aromatic rings. The van der Waals surface area contributed by atoms with E-state index in [1.54, 1.807) is 60.3 Å². The quantitative estimate of drug-likeness (QED) is 0.646. The molecule has 0 aliphatic carbocycles. The second-order valence-corrected chi connectivity index (χ2v) is 7.39. The van der Waals surface area contributed by atoms with Gasteiger partial charge in [-0.2, -0.15) is 9.65 Å². The lowest BCUT2D eigenvalue weighted by atomic mass is 9.83. The second kappa shape index (κ2) is 7.69. The fourth-order valence-electron chi connectivity index (χ4n) is 3.92. The summed E-state index contributed by atoms with van der Waals surface area (Å²) in [5, 5.41) is 9.57. The molecule has 4 rings (SSSR count). The highest BCUT2D eigenvalue weighted by atomic mass is 19.1. The van der Waals surface area contributed by atoms with E-state index >= 15 is 0 Å². The largest absolute Gasteiger partial charge is 0.369 e. The summed E-state index contributed by atoms with van der Waals surface area (Å²) in [7, 11) is 1.56. The molecule has 3 heterocycles. The summed E-state index contributed by atoms with van der Waals surface area (Å²) in [6.45, 7) is 2.64. The van der Waals surface area contributed by atoms with Crippen molar-refractivity contribution in [2.75, 3.05) is 7.05 Å². The van der Waals surface area contributed by atoms with E-state index in [9.17, 15) is 14.4 Å². The topological polar surface area (TPSA) is 100 Å². The van der Waals surface area contributed by atoms with E-state index in [4.69, 9.17) is 5.73 Å². The van der Waals surface area contributed by atoms with Crippen molar-refractivity contribution in [2.24, 2.45) is 10.7 Å². The molecule has 1 aromatic carbocycles. The summed E-state index contributed by atoms with van der Waals surface area (Å²) in [6, 6.07) is 14.1. The smallest absolute Gasteiger partial charge is 0.266 e. The number of carbonyl (C=O) groups is 1. The van der Waals surface area contributed by atoms with E-state index in [2.05, 4.69) is 16.0 Å². The van der Waals surface area contributed by atoms with Crippen LogP contribution in [0.25, 0.3) is 11.1 Å². The number of halogens is 1. The zero-order valence-corrected chi connectivity index (χ0v) is 17.2. The minimum absolute atomic E-state index is 0.0738.